The average Bonchev–Trinajstić information content (AvgIpc) is 3.33. The quantitative estimate of drug-likeness (QED) is 0.372. The number of carbonyl (C=O) groups is 1. The molecule has 3 aromatic rings. The van der Waals surface area contributed by atoms with Gasteiger partial charge in [0.25, 0.3) is 5.89 Å². The Hall–Kier alpha value is -3.52. The van der Waals surface area contributed by atoms with Gasteiger partial charge in [-0.3, -0.25) is 4.90 Å². The van der Waals surface area contributed by atoms with Crippen molar-refractivity contribution < 1.29 is 23.2 Å². The van der Waals surface area contributed by atoms with Gasteiger partial charge < -0.3 is 14.0 Å². The Morgan fingerprint density at radius 1 is 1.18 bits per heavy atom. The van der Waals surface area contributed by atoms with E-state index in [9.17, 15) is 9.18 Å². The van der Waals surface area contributed by atoms with E-state index in [0.717, 1.165) is 37.1 Å². The minimum absolute atomic E-state index is 0.158. The SMILES string of the molecule is COC(=O)C=Cc1ccc(OCc2nc(C3CCN(Cc4ccccc4F)CC3)no2)cc1. The number of aromatic nitrogens is 2. The minimum Gasteiger partial charge on any atom is -0.484 e. The number of esters is 1. The standard InChI is InChI=1S/C25H26FN3O4/c1-31-24(30)11-8-18-6-9-21(10-7-18)32-17-23-27-25(28-33-23)19-12-14-29(15-13-19)16-20-4-2-3-5-22(20)26/h2-11,19H,12-17H2,1H3. The molecule has 1 aliphatic heterocycles. The zero-order valence-corrected chi connectivity index (χ0v) is 18.4. The van der Waals surface area contributed by atoms with E-state index in [1.807, 2.05) is 24.3 Å². The first kappa shape index (κ1) is 22.7. The summed E-state index contributed by atoms with van der Waals surface area (Å²) >= 11 is 0. The molecule has 1 saturated heterocycles. The lowest BCUT2D eigenvalue weighted by molar-refractivity contribution is -0.134. The number of hydrogen-bond donors (Lipinski definition) is 0. The van der Waals surface area contributed by atoms with Crippen LogP contribution in [0.4, 0.5) is 4.39 Å². The van der Waals surface area contributed by atoms with Gasteiger partial charge in [0, 0.05) is 24.1 Å². The summed E-state index contributed by atoms with van der Waals surface area (Å²) in [6, 6.07) is 14.2. The molecule has 0 atom stereocenters. The highest BCUT2D eigenvalue weighted by Gasteiger charge is 2.25. The van der Waals surface area contributed by atoms with Crippen molar-refractivity contribution >= 4 is 12.0 Å². The van der Waals surface area contributed by atoms with E-state index in [1.165, 1.54) is 19.3 Å². The van der Waals surface area contributed by atoms with E-state index in [4.69, 9.17) is 9.26 Å². The van der Waals surface area contributed by atoms with Crippen molar-refractivity contribution in [3.63, 3.8) is 0 Å². The van der Waals surface area contributed by atoms with Gasteiger partial charge in [-0.25, -0.2) is 9.18 Å². The Bertz CT molecular complexity index is 1090. The van der Waals surface area contributed by atoms with E-state index in [0.29, 0.717) is 24.0 Å². The maximum atomic E-state index is 13.9. The van der Waals surface area contributed by atoms with Gasteiger partial charge in [0.2, 0.25) is 0 Å². The molecule has 1 aromatic heterocycles. The summed E-state index contributed by atoms with van der Waals surface area (Å²) in [6.07, 6.45) is 4.82. The average molecular weight is 451 g/mol. The van der Waals surface area contributed by atoms with Crippen molar-refractivity contribution in [3.05, 3.63) is 83.3 Å². The van der Waals surface area contributed by atoms with Gasteiger partial charge >= 0.3 is 5.97 Å². The summed E-state index contributed by atoms with van der Waals surface area (Å²) in [7, 11) is 1.34. The van der Waals surface area contributed by atoms with E-state index in [-0.39, 0.29) is 18.3 Å². The first-order chi connectivity index (χ1) is 16.1. The first-order valence-electron chi connectivity index (χ1n) is 10.9. The van der Waals surface area contributed by atoms with Crippen molar-refractivity contribution in [1.29, 1.82) is 0 Å². The van der Waals surface area contributed by atoms with Crippen molar-refractivity contribution in [2.75, 3.05) is 20.2 Å². The summed E-state index contributed by atoms with van der Waals surface area (Å²) in [5.74, 6) is 1.44. The van der Waals surface area contributed by atoms with Gasteiger partial charge in [0.05, 0.1) is 7.11 Å². The number of methoxy groups -OCH3 is 1. The molecular formula is C25H26FN3O4. The number of nitrogens with zero attached hydrogens (tertiary/aromatic N) is 3. The van der Waals surface area contributed by atoms with Crippen LogP contribution in [-0.2, 0) is 22.7 Å². The van der Waals surface area contributed by atoms with Crippen molar-refractivity contribution in [3.8, 4) is 5.75 Å². The summed E-state index contributed by atoms with van der Waals surface area (Å²) in [5, 5.41) is 4.14. The Morgan fingerprint density at radius 3 is 2.67 bits per heavy atom. The van der Waals surface area contributed by atoms with Crippen LogP contribution in [0.1, 0.15) is 41.6 Å². The molecule has 2 heterocycles. The van der Waals surface area contributed by atoms with E-state index in [1.54, 1.807) is 24.3 Å². The molecular weight excluding hydrogens is 425 g/mol. The van der Waals surface area contributed by atoms with Crippen LogP contribution in [0.15, 0.2) is 59.1 Å². The molecule has 1 aliphatic rings. The minimum atomic E-state index is -0.404. The Balaban J connectivity index is 1.24. The molecule has 2 aromatic carbocycles. The molecule has 0 radical (unpaired) electrons. The molecule has 4 rings (SSSR count). The molecule has 0 spiro atoms. The lowest BCUT2D eigenvalue weighted by atomic mass is 9.96. The van der Waals surface area contributed by atoms with Gasteiger partial charge in [-0.15, -0.1) is 0 Å². The second kappa shape index (κ2) is 10.9. The number of halogens is 1. The second-order valence-corrected chi connectivity index (χ2v) is 7.90. The van der Waals surface area contributed by atoms with Gasteiger partial charge in [0.1, 0.15) is 11.6 Å². The summed E-state index contributed by atoms with van der Waals surface area (Å²) in [4.78, 5) is 17.9. The molecule has 172 valence electrons. The van der Waals surface area contributed by atoms with Crippen molar-refractivity contribution in [1.82, 2.24) is 15.0 Å². The number of likely N-dealkylation sites (tertiary alicyclic amines) is 1. The van der Waals surface area contributed by atoms with Crippen LogP contribution in [0, 0.1) is 5.82 Å². The number of hydrogen-bond acceptors (Lipinski definition) is 7. The number of piperidine rings is 1. The zero-order chi connectivity index (χ0) is 23.0. The molecule has 1 fully saturated rings. The van der Waals surface area contributed by atoms with Crippen LogP contribution in [0.5, 0.6) is 5.75 Å². The molecule has 7 nitrogen and oxygen atoms in total. The molecule has 0 N–H and O–H groups in total. The van der Waals surface area contributed by atoms with Gasteiger partial charge in [0.15, 0.2) is 12.4 Å². The fourth-order valence-electron chi connectivity index (χ4n) is 3.76. The lowest BCUT2D eigenvalue weighted by Gasteiger charge is -2.30. The zero-order valence-electron chi connectivity index (χ0n) is 18.4. The van der Waals surface area contributed by atoms with E-state index < -0.39 is 5.97 Å². The third-order valence-electron chi connectivity index (χ3n) is 5.64. The normalized spacial score (nSPS) is 15.1. The topological polar surface area (TPSA) is 77.7 Å². The summed E-state index contributed by atoms with van der Waals surface area (Å²) in [6.45, 7) is 2.50. The van der Waals surface area contributed by atoms with Crippen LogP contribution >= 0.6 is 0 Å². The Kier molecular flexibility index (Phi) is 7.47. The first-order valence-corrected chi connectivity index (χ1v) is 10.9. The highest BCUT2D eigenvalue weighted by Crippen LogP contribution is 2.27. The predicted octanol–water partition coefficient (Wildman–Crippen LogP) is 4.35. The summed E-state index contributed by atoms with van der Waals surface area (Å²) < 4.78 is 29.6. The van der Waals surface area contributed by atoms with Gasteiger partial charge in [-0.05, 0) is 55.8 Å². The number of carbonyl (C=O) groups excluding carboxylic acids is 1. The van der Waals surface area contributed by atoms with Gasteiger partial charge in [-0.2, -0.15) is 4.98 Å². The number of ether oxygens (including phenoxy) is 2. The molecule has 0 bridgehead atoms. The fourth-order valence-corrected chi connectivity index (χ4v) is 3.76. The monoisotopic (exact) mass is 451 g/mol. The third-order valence-corrected chi connectivity index (χ3v) is 5.64. The summed E-state index contributed by atoms with van der Waals surface area (Å²) in [5.41, 5.74) is 1.58. The van der Waals surface area contributed by atoms with Crippen molar-refractivity contribution in [2.45, 2.75) is 31.9 Å². The van der Waals surface area contributed by atoms with Crippen LogP contribution in [0.3, 0.4) is 0 Å². The van der Waals surface area contributed by atoms with E-state index in [2.05, 4.69) is 19.8 Å². The molecule has 0 amide bonds. The maximum absolute atomic E-state index is 13.9. The van der Waals surface area contributed by atoms with E-state index >= 15 is 0 Å². The number of benzene rings is 2. The lowest BCUT2D eigenvalue weighted by Crippen LogP contribution is -2.33. The Labute approximate surface area is 191 Å². The van der Waals surface area contributed by atoms with Crippen LogP contribution in [-0.4, -0.2) is 41.2 Å². The molecule has 33 heavy (non-hydrogen) atoms. The molecule has 0 aliphatic carbocycles. The molecule has 8 heteroatoms. The second-order valence-electron chi connectivity index (χ2n) is 7.90. The van der Waals surface area contributed by atoms with Crippen LogP contribution < -0.4 is 4.74 Å². The molecule has 0 saturated carbocycles. The smallest absolute Gasteiger partial charge is 0.330 e. The Morgan fingerprint density at radius 2 is 1.94 bits per heavy atom. The highest BCUT2D eigenvalue weighted by atomic mass is 19.1. The van der Waals surface area contributed by atoms with Gasteiger partial charge in [-0.1, -0.05) is 35.5 Å². The highest BCUT2D eigenvalue weighted by molar-refractivity contribution is 5.86. The van der Waals surface area contributed by atoms with Crippen LogP contribution in [0.2, 0.25) is 0 Å². The predicted molar refractivity (Wildman–Crippen MR) is 120 cm³/mol. The maximum Gasteiger partial charge on any atom is 0.330 e. The van der Waals surface area contributed by atoms with Crippen LogP contribution in [0.25, 0.3) is 6.08 Å². The molecule has 0 unspecified atom stereocenters. The third kappa shape index (κ3) is 6.26. The largest absolute Gasteiger partial charge is 0.484 e. The fraction of sp³-hybridized carbons (Fsp3) is 0.320. The number of rotatable bonds is 8. The van der Waals surface area contributed by atoms with Crippen molar-refractivity contribution in [2.24, 2.45) is 0 Å².